The third-order valence-electron chi connectivity index (χ3n) is 4.63. The van der Waals surface area contributed by atoms with E-state index in [9.17, 15) is 0 Å². The number of nitrogens with zero attached hydrogens (tertiary/aromatic N) is 6. The summed E-state index contributed by atoms with van der Waals surface area (Å²) in [4.78, 5) is 4.81. The van der Waals surface area contributed by atoms with Gasteiger partial charge in [-0.3, -0.25) is 0 Å². The van der Waals surface area contributed by atoms with Gasteiger partial charge >= 0.3 is 0 Å². The highest BCUT2D eigenvalue weighted by atomic mass is 15.4. The Morgan fingerprint density at radius 1 is 1.23 bits per heavy atom. The zero-order chi connectivity index (χ0) is 15.7. The standard InChI is InChI=1S/C16H26N6/c1-12(2)14-10-15(16-18-17-11-22(16)19-14)21-8-5-6-13(7-9-21)20(3)4/h10-13H,5-9H2,1-4H3. The van der Waals surface area contributed by atoms with Gasteiger partial charge in [0.1, 0.15) is 6.33 Å². The lowest BCUT2D eigenvalue weighted by Crippen LogP contribution is -2.30. The summed E-state index contributed by atoms with van der Waals surface area (Å²) in [6, 6.07) is 2.87. The van der Waals surface area contributed by atoms with E-state index >= 15 is 0 Å². The Morgan fingerprint density at radius 3 is 2.77 bits per heavy atom. The second-order valence-corrected chi connectivity index (χ2v) is 6.74. The van der Waals surface area contributed by atoms with Crippen LogP contribution in [0.25, 0.3) is 5.65 Å². The van der Waals surface area contributed by atoms with Gasteiger partial charge < -0.3 is 9.80 Å². The van der Waals surface area contributed by atoms with Crippen molar-refractivity contribution in [3.63, 3.8) is 0 Å². The zero-order valence-corrected chi connectivity index (χ0v) is 14.0. The van der Waals surface area contributed by atoms with E-state index in [1.807, 2.05) is 4.52 Å². The molecule has 1 unspecified atom stereocenters. The van der Waals surface area contributed by atoms with Crippen molar-refractivity contribution in [1.82, 2.24) is 24.7 Å². The SMILES string of the molecule is CC(C)c1cc(N2CCCC(N(C)C)CC2)c2nncn2n1. The van der Waals surface area contributed by atoms with E-state index in [4.69, 9.17) is 0 Å². The minimum absolute atomic E-state index is 0.395. The first-order valence-corrected chi connectivity index (χ1v) is 8.18. The number of rotatable bonds is 3. The minimum atomic E-state index is 0.395. The van der Waals surface area contributed by atoms with Gasteiger partial charge in [0.25, 0.3) is 0 Å². The highest BCUT2D eigenvalue weighted by Gasteiger charge is 2.21. The molecule has 3 rings (SSSR count). The van der Waals surface area contributed by atoms with Crippen molar-refractivity contribution >= 4 is 11.3 Å². The lowest BCUT2D eigenvalue weighted by Gasteiger charge is -2.25. The Kier molecular flexibility index (Phi) is 4.29. The maximum Gasteiger partial charge on any atom is 0.200 e. The summed E-state index contributed by atoms with van der Waals surface area (Å²) in [5.41, 5.74) is 3.14. The molecule has 0 radical (unpaired) electrons. The summed E-state index contributed by atoms with van der Waals surface area (Å²) in [5, 5.41) is 12.9. The van der Waals surface area contributed by atoms with Crippen LogP contribution < -0.4 is 4.90 Å². The Morgan fingerprint density at radius 2 is 2.05 bits per heavy atom. The van der Waals surface area contributed by atoms with Crippen LogP contribution in [0.3, 0.4) is 0 Å². The molecule has 6 nitrogen and oxygen atoms in total. The van der Waals surface area contributed by atoms with Gasteiger partial charge in [0.2, 0.25) is 5.65 Å². The maximum absolute atomic E-state index is 4.61. The lowest BCUT2D eigenvalue weighted by molar-refractivity contribution is 0.272. The van der Waals surface area contributed by atoms with Crippen molar-refractivity contribution in [2.24, 2.45) is 0 Å². The van der Waals surface area contributed by atoms with Crippen LogP contribution in [0.2, 0.25) is 0 Å². The lowest BCUT2D eigenvalue weighted by atomic mass is 10.1. The molecule has 2 aromatic heterocycles. The zero-order valence-electron chi connectivity index (χ0n) is 14.0. The van der Waals surface area contributed by atoms with E-state index in [2.05, 4.69) is 59.1 Å². The fraction of sp³-hybridized carbons (Fsp3) is 0.688. The van der Waals surface area contributed by atoms with Crippen LogP contribution in [0, 0.1) is 0 Å². The molecule has 3 heterocycles. The molecular formula is C16H26N6. The van der Waals surface area contributed by atoms with Gasteiger partial charge in [-0.05, 0) is 45.3 Å². The second kappa shape index (κ2) is 6.20. The predicted octanol–water partition coefficient (Wildman–Crippen LogP) is 2.17. The Hall–Kier alpha value is -1.69. The molecule has 1 saturated heterocycles. The number of hydrogen-bond acceptors (Lipinski definition) is 5. The van der Waals surface area contributed by atoms with Gasteiger partial charge in [-0.2, -0.15) is 9.61 Å². The second-order valence-electron chi connectivity index (χ2n) is 6.74. The monoisotopic (exact) mass is 302 g/mol. The number of fused-ring (bicyclic) bond motifs is 1. The average molecular weight is 302 g/mol. The molecular weight excluding hydrogens is 276 g/mol. The van der Waals surface area contributed by atoms with Crippen LogP contribution in [-0.2, 0) is 0 Å². The van der Waals surface area contributed by atoms with Crippen LogP contribution in [0.5, 0.6) is 0 Å². The van der Waals surface area contributed by atoms with Crippen LogP contribution >= 0.6 is 0 Å². The first kappa shape index (κ1) is 15.2. The molecule has 1 aliphatic rings. The van der Waals surface area contributed by atoms with E-state index in [0.29, 0.717) is 12.0 Å². The summed E-state index contributed by atoms with van der Waals surface area (Å²) in [5.74, 6) is 0.395. The Bertz CT molecular complexity index is 633. The highest BCUT2D eigenvalue weighted by molar-refractivity contribution is 5.68. The van der Waals surface area contributed by atoms with E-state index in [0.717, 1.165) is 24.4 Å². The molecule has 0 aromatic carbocycles. The highest BCUT2D eigenvalue weighted by Crippen LogP contribution is 2.26. The third-order valence-corrected chi connectivity index (χ3v) is 4.63. The van der Waals surface area contributed by atoms with Crippen molar-refractivity contribution in [2.45, 2.75) is 45.1 Å². The Labute approximate surface area is 132 Å². The van der Waals surface area contributed by atoms with E-state index in [1.54, 1.807) is 6.33 Å². The molecule has 2 aromatic rings. The van der Waals surface area contributed by atoms with Crippen LogP contribution in [-0.4, -0.2) is 57.9 Å². The van der Waals surface area contributed by atoms with Crippen molar-refractivity contribution in [1.29, 1.82) is 0 Å². The molecule has 0 N–H and O–H groups in total. The number of aromatic nitrogens is 4. The van der Waals surface area contributed by atoms with Crippen molar-refractivity contribution in [3.05, 3.63) is 18.1 Å². The van der Waals surface area contributed by atoms with E-state index in [1.165, 1.54) is 24.9 Å². The molecule has 22 heavy (non-hydrogen) atoms. The van der Waals surface area contributed by atoms with Crippen molar-refractivity contribution in [2.75, 3.05) is 32.1 Å². The first-order chi connectivity index (χ1) is 10.6. The van der Waals surface area contributed by atoms with Gasteiger partial charge in [-0.1, -0.05) is 13.8 Å². The molecule has 120 valence electrons. The first-order valence-electron chi connectivity index (χ1n) is 8.18. The fourth-order valence-corrected chi connectivity index (χ4v) is 3.18. The van der Waals surface area contributed by atoms with E-state index < -0.39 is 0 Å². The van der Waals surface area contributed by atoms with E-state index in [-0.39, 0.29) is 0 Å². The quantitative estimate of drug-likeness (QED) is 0.869. The van der Waals surface area contributed by atoms with Gasteiger partial charge in [-0.25, -0.2) is 0 Å². The van der Waals surface area contributed by atoms with Crippen LogP contribution in [0.15, 0.2) is 12.4 Å². The summed E-state index contributed by atoms with van der Waals surface area (Å²) in [7, 11) is 4.36. The summed E-state index contributed by atoms with van der Waals surface area (Å²) >= 11 is 0. The molecule has 0 aliphatic carbocycles. The minimum Gasteiger partial charge on any atom is -0.368 e. The average Bonchev–Trinajstić information content (AvgIpc) is 2.81. The Balaban J connectivity index is 1.93. The maximum atomic E-state index is 4.61. The summed E-state index contributed by atoms with van der Waals surface area (Å²) in [6.45, 7) is 6.49. The summed E-state index contributed by atoms with van der Waals surface area (Å²) in [6.07, 6.45) is 5.36. The van der Waals surface area contributed by atoms with Crippen LogP contribution in [0.1, 0.15) is 44.7 Å². The van der Waals surface area contributed by atoms with Gasteiger partial charge in [0, 0.05) is 19.1 Å². The smallest absolute Gasteiger partial charge is 0.200 e. The van der Waals surface area contributed by atoms with Crippen molar-refractivity contribution in [3.8, 4) is 0 Å². The number of anilines is 1. The summed E-state index contributed by atoms with van der Waals surface area (Å²) < 4.78 is 1.82. The molecule has 1 aliphatic heterocycles. The molecule has 1 fully saturated rings. The molecule has 1 atom stereocenters. The molecule has 0 amide bonds. The van der Waals surface area contributed by atoms with Gasteiger partial charge in [-0.15, -0.1) is 10.2 Å². The topological polar surface area (TPSA) is 49.6 Å². The van der Waals surface area contributed by atoms with Gasteiger partial charge in [0.05, 0.1) is 11.4 Å². The molecule has 0 bridgehead atoms. The van der Waals surface area contributed by atoms with Gasteiger partial charge in [0.15, 0.2) is 0 Å². The predicted molar refractivity (Wildman–Crippen MR) is 88.4 cm³/mol. The van der Waals surface area contributed by atoms with Crippen molar-refractivity contribution < 1.29 is 0 Å². The third kappa shape index (κ3) is 2.92. The van der Waals surface area contributed by atoms with Crippen LogP contribution in [0.4, 0.5) is 5.69 Å². The molecule has 6 heteroatoms. The fourth-order valence-electron chi connectivity index (χ4n) is 3.18. The molecule has 0 saturated carbocycles. The number of hydrogen-bond donors (Lipinski definition) is 0. The molecule has 0 spiro atoms. The largest absolute Gasteiger partial charge is 0.368 e. The normalized spacial score (nSPS) is 20.1.